The molecule has 0 atom stereocenters. The van der Waals surface area contributed by atoms with Crippen LogP contribution in [0.2, 0.25) is 8.67 Å². The monoisotopic (exact) mass is 342 g/mol. The van der Waals surface area contributed by atoms with Gasteiger partial charge in [0.1, 0.15) is 15.4 Å². The standard InChI is InChI=1S/C13H8Cl2N2OS2/c14-10-4-7(11(15)20-10)12(18)17-13-8(5-16)6-2-1-3-9(6)19-13/h4H,1-3H2,(H,17,18). The Balaban J connectivity index is 1.91. The number of carbonyl (C=O) groups is 1. The summed E-state index contributed by atoms with van der Waals surface area (Å²) in [6.45, 7) is 0. The van der Waals surface area contributed by atoms with Crippen molar-refractivity contribution < 1.29 is 4.79 Å². The number of nitrogens with zero attached hydrogens (tertiary/aromatic N) is 1. The number of nitriles is 1. The van der Waals surface area contributed by atoms with Gasteiger partial charge < -0.3 is 5.32 Å². The average molecular weight is 343 g/mol. The number of aryl methyl sites for hydroxylation is 1. The van der Waals surface area contributed by atoms with Gasteiger partial charge in [-0.3, -0.25) is 4.79 Å². The van der Waals surface area contributed by atoms with Gasteiger partial charge in [-0.25, -0.2) is 0 Å². The minimum atomic E-state index is -0.324. The van der Waals surface area contributed by atoms with E-state index in [4.69, 9.17) is 23.2 Å². The molecule has 102 valence electrons. The molecule has 0 spiro atoms. The molecule has 0 aromatic carbocycles. The first-order valence-electron chi connectivity index (χ1n) is 5.91. The third-order valence-electron chi connectivity index (χ3n) is 3.16. The topological polar surface area (TPSA) is 52.9 Å². The molecule has 0 bridgehead atoms. The van der Waals surface area contributed by atoms with Crippen LogP contribution in [-0.2, 0) is 12.8 Å². The van der Waals surface area contributed by atoms with Crippen LogP contribution >= 0.6 is 45.9 Å². The van der Waals surface area contributed by atoms with Gasteiger partial charge in [-0.1, -0.05) is 23.2 Å². The number of thiophene rings is 2. The lowest BCUT2D eigenvalue weighted by Crippen LogP contribution is -2.11. The molecule has 0 aliphatic heterocycles. The Labute approximate surface area is 133 Å². The summed E-state index contributed by atoms with van der Waals surface area (Å²) in [4.78, 5) is 13.4. The van der Waals surface area contributed by atoms with E-state index in [0.29, 0.717) is 24.8 Å². The van der Waals surface area contributed by atoms with E-state index >= 15 is 0 Å². The molecule has 20 heavy (non-hydrogen) atoms. The van der Waals surface area contributed by atoms with E-state index in [1.807, 2.05) is 0 Å². The van der Waals surface area contributed by atoms with Crippen LogP contribution in [0.5, 0.6) is 0 Å². The zero-order chi connectivity index (χ0) is 14.3. The van der Waals surface area contributed by atoms with Crippen LogP contribution in [0.25, 0.3) is 0 Å². The van der Waals surface area contributed by atoms with Gasteiger partial charge in [0.15, 0.2) is 0 Å². The Morgan fingerprint density at radius 1 is 1.35 bits per heavy atom. The van der Waals surface area contributed by atoms with Gasteiger partial charge in [-0.05, 0) is 30.9 Å². The Hall–Kier alpha value is -1.06. The fourth-order valence-corrected chi connectivity index (χ4v) is 4.97. The number of nitrogens with one attached hydrogen (secondary N) is 1. The predicted octanol–water partition coefficient (Wildman–Crippen LogP) is 4.73. The Bertz CT molecular complexity index is 742. The molecule has 7 heteroatoms. The second-order valence-corrected chi connectivity index (χ2v) is 7.76. The minimum Gasteiger partial charge on any atom is -0.312 e. The SMILES string of the molecule is N#Cc1c(NC(=O)c2cc(Cl)sc2Cl)sc2c1CCC2. The first-order chi connectivity index (χ1) is 9.60. The Morgan fingerprint density at radius 2 is 2.15 bits per heavy atom. The predicted molar refractivity (Wildman–Crippen MR) is 83.4 cm³/mol. The highest BCUT2D eigenvalue weighted by atomic mass is 35.5. The normalized spacial score (nSPS) is 13.1. The molecule has 0 fully saturated rings. The van der Waals surface area contributed by atoms with Crippen molar-refractivity contribution in [3.8, 4) is 6.07 Å². The molecule has 3 nitrogen and oxygen atoms in total. The molecule has 2 aromatic heterocycles. The average Bonchev–Trinajstić information content (AvgIpc) is 3.03. The van der Waals surface area contributed by atoms with E-state index in [-0.39, 0.29) is 5.91 Å². The lowest BCUT2D eigenvalue weighted by Gasteiger charge is -2.02. The fraction of sp³-hybridized carbons (Fsp3) is 0.231. The second-order valence-electron chi connectivity index (χ2n) is 4.37. The van der Waals surface area contributed by atoms with Crippen molar-refractivity contribution in [1.82, 2.24) is 0 Å². The maximum absolute atomic E-state index is 12.2. The van der Waals surface area contributed by atoms with Gasteiger partial charge in [0, 0.05) is 4.88 Å². The molecule has 1 N–H and O–H groups in total. The third-order valence-corrected chi connectivity index (χ3v) is 5.86. The molecule has 0 radical (unpaired) electrons. The van der Waals surface area contributed by atoms with E-state index in [1.54, 1.807) is 0 Å². The summed E-state index contributed by atoms with van der Waals surface area (Å²) in [6.07, 6.45) is 2.97. The molecule has 1 aliphatic carbocycles. The number of amides is 1. The van der Waals surface area contributed by atoms with E-state index in [0.717, 1.165) is 36.2 Å². The second kappa shape index (κ2) is 5.38. The van der Waals surface area contributed by atoms with Crippen molar-refractivity contribution in [3.63, 3.8) is 0 Å². The highest BCUT2D eigenvalue weighted by Crippen LogP contribution is 2.39. The molecular formula is C13H8Cl2N2OS2. The van der Waals surface area contributed by atoms with Crippen molar-refractivity contribution in [1.29, 1.82) is 5.26 Å². The van der Waals surface area contributed by atoms with Crippen LogP contribution in [0, 0.1) is 11.3 Å². The van der Waals surface area contributed by atoms with Gasteiger partial charge in [-0.2, -0.15) is 5.26 Å². The first kappa shape index (κ1) is 13.9. The van der Waals surface area contributed by atoms with Gasteiger partial charge in [0.2, 0.25) is 0 Å². The van der Waals surface area contributed by atoms with Gasteiger partial charge in [-0.15, -0.1) is 22.7 Å². The summed E-state index contributed by atoms with van der Waals surface area (Å²) in [6, 6.07) is 3.73. The van der Waals surface area contributed by atoms with Crippen molar-refractivity contribution in [2.45, 2.75) is 19.3 Å². The van der Waals surface area contributed by atoms with Crippen LogP contribution in [-0.4, -0.2) is 5.91 Å². The Morgan fingerprint density at radius 3 is 2.80 bits per heavy atom. The number of carbonyl (C=O) groups excluding carboxylic acids is 1. The molecule has 1 aliphatic rings. The van der Waals surface area contributed by atoms with E-state index in [2.05, 4.69) is 11.4 Å². The highest BCUT2D eigenvalue weighted by Gasteiger charge is 2.24. The number of anilines is 1. The molecule has 0 saturated carbocycles. The van der Waals surface area contributed by atoms with E-state index in [9.17, 15) is 10.1 Å². The first-order valence-corrected chi connectivity index (χ1v) is 8.30. The fourth-order valence-electron chi connectivity index (χ4n) is 2.28. The van der Waals surface area contributed by atoms with Gasteiger partial charge >= 0.3 is 0 Å². The van der Waals surface area contributed by atoms with Crippen molar-refractivity contribution >= 4 is 56.8 Å². The number of rotatable bonds is 2. The van der Waals surface area contributed by atoms with Crippen molar-refractivity contribution in [3.05, 3.63) is 36.3 Å². The number of fused-ring (bicyclic) bond motifs is 1. The number of hydrogen-bond acceptors (Lipinski definition) is 4. The maximum Gasteiger partial charge on any atom is 0.258 e. The lowest BCUT2D eigenvalue weighted by molar-refractivity contribution is 0.102. The van der Waals surface area contributed by atoms with Crippen LogP contribution in [0.3, 0.4) is 0 Å². The zero-order valence-corrected chi connectivity index (χ0v) is 13.3. The summed E-state index contributed by atoms with van der Waals surface area (Å²) in [5, 5.41) is 12.7. The van der Waals surface area contributed by atoms with E-state index < -0.39 is 0 Å². The summed E-state index contributed by atoms with van der Waals surface area (Å²) in [5.41, 5.74) is 2.02. The van der Waals surface area contributed by atoms with Crippen LogP contribution in [0.15, 0.2) is 6.07 Å². The van der Waals surface area contributed by atoms with Crippen LogP contribution < -0.4 is 5.32 Å². The summed E-state index contributed by atoms with van der Waals surface area (Å²) in [7, 11) is 0. The maximum atomic E-state index is 12.2. The van der Waals surface area contributed by atoms with Crippen molar-refractivity contribution in [2.75, 3.05) is 5.32 Å². The number of hydrogen-bond donors (Lipinski definition) is 1. The zero-order valence-electron chi connectivity index (χ0n) is 10.1. The molecule has 3 rings (SSSR count). The number of halogens is 2. The molecular weight excluding hydrogens is 335 g/mol. The molecule has 0 saturated heterocycles. The largest absolute Gasteiger partial charge is 0.312 e. The van der Waals surface area contributed by atoms with Crippen LogP contribution in [0.1, 0.15) is 32.8 Å². The highest BCUT2D eigenvalue weighted by molar-refractivity contribution is 7.20. The smallest absolute Gasteiger partial charge is 0.258 e. The van der Waals surface area contributed by atoms with E-state index in [1.165, 1.54) is 22.3 Å². The van der Waals surface area contributed by atoms with Gasteiger partial charge in [0.25, 0.3) is 5.91 Å². The third kappa shape index (κ3) is 2.33. The Kier molecular flexibility index (Phi) is 3.74. The molecule has 0 unspecified atom stereocenters. The summed E-state index contributed by atoms with van der Waals surface area (Å²) >= 11 is 14.4. The van der Waals surface area contributed by atoms with Crippen molar-refractivity contribution in [2.24, 2.45) is 0 Å². The van der Waals surface area contributed by atoms with Gasteiger partial charge in [0.05, 0.1) is 15.5 Å². The minimum absolute atomic E-state index is 0.324. The molecule has 1 amide bonds. The molecule has 2 heterocycles. The summed E-state index contributed by atoms with van der Waals surface area (Å²) < 4.78 is 0.824. The lowest BCUT2D eigenvalue weighted by atomic mass is 10.1. The quantitative estimate of drug-likeness (QED) is 0.857. The van der Waals surface area contributed by atoms with Crippen LogP contribution in [0.4, 0.5) is 5.00 Å². The molecule has 2 aromatic rings. The summed E-state index contributed by atoms with van der Waals surface area (Å²) in [5.74, 6) is -0.324.